The first kappa shape index (κ1) is 19.6. The second-order valence-electron chi connectivity index (χ2n) is 8.13. The van der Waals surface area contributed by atoms with Crippen LogP contribution in [0.4, 0.5) is 0 Å². The fourth-order valence-corrected chi connectivity index (χ4v) is 3.75. The summed E-state index contributed by atoms with van der Waals surface area (Å²) in [5.41, 5.74) is 2.54. The highest BCUT2D eigenvalue weighted by atomic mass is 16.5. The molecule has 2 aromatic carbocycles. The minimum Gasteiger partial charge on any atom is -0.373 e. The van der Waals surface area contributed by atoms with Gasteiger partial charge in [-0.05, 0) is 49.9 Å². The summed E-state index contributed by atoms with van der Waals surface area (Å²) in [6.07, 6.45) is 2.20. The van der Waals surface area contributed by atoms with Crippen LogP contribution in [0.15, 0.2) is 54.6 Å². The number of rotatable bonds is 6. The molecule has 0 spiro atoms. The van der Waals surface area contributed by atoms with E-state index in [9.17, 15) is 9.59 Å². The molecule has 1 aliphatic heterocycles. The number of hydrogen-bond acceptors (Lipinski definition) is 3. The second kappa shape index (κ2) is 8.78. The Bertz CT molecular complexity index is 846. The average Bonchev–Trinajstić information content (AvgIpc) is 3.58. The average molecular weight is 392 g/mol. The van der Waals surface area contributed by atoms with Gasteiger partial charge < -0.3 is 14.5 Å². The van der Waals surface area contributed by atoms with Crippen molar-refractivity contribution < 1.29 is 14.3 Å². The Hall–Kier alpha value is -2.66. The van der Waals surface area contributed by atoms with Crippen LogP contribution < -0.4 is 0 Å². The van der Waals surface area contributed by atoms with Gasteiger partial charge in [0.25, 0.3) is 11.8 Å². The third-order valence-electron chi connectivity index (χ3n) is 5.63. The van der Waals surface area contributed by atoms with E-state index < -0.39 is 0 Å². The summed E-state index contributed by atoms with van der Waals surface area (Å²) >= 11 is 0. The maximum Gasteiger partial charge on any atom is 0.254 e. The van der Waals surface area contributed by atoms with E-state index in [1.54, 1.807) is 0 Å². The normalized spacial score (nSPS) is 19.1. The van der Waals surface area contributed by atoms with E-state index in [-0.39, 0.29) is 17.9 Å². The SMILES string of the molecule is Cc1ccc(C(=O)N2CCOC(CN(CC3CC3)C(=O)c3ccccc3)C2)cc1. The molecule has 1 heterocycles. The van der Waals surface area contributed by atoms with Crippen LogP contribution in [-0.4, -0.2) is 60.5 Å². The molecule has 2 amide bonds. The summed E-state index contributed by atoms with van der Waals surface area (Å²) in [5, 5.41) is 0. The van der Waals surface area contributed by atoms with Crippen LogP contribution in [0.5, 0.6) is 0 Å². The van der Waals surface area contributed by atoms with Crippen LogP contribution in [0.25, 0.3) is 0 Å². The Morgan fingerprint density at radius 3 is 2.41 bits per heavy atom. The molecule has 0 aromatic heterocycles. The van der Waals surface area contributed by atoms with Gasteiger partial charge in [0, 0.05) is 37.3 Å². The first-order valence-corrected chi connectivity index (χ1v) is 10.4. The molecular formula is C24H28N2O3. The number of benzene rings is 2. The zero-order valence-corrected chi connectivity index (χ0v) is 16.9. The van der Waals surface area contributed by atoms with Crippen LogP contribution in [-0.2, 0) is 4.74 Å². The first-order valence-electron chi connectivity index (χ1n) is 10.4. The fraction of sp³-hybridized carbons (Fsp3) is 0.417. The van der Waals surface area contributed by atoms with Crippen LogP contribution in [0, 0.1) is 12.8 Å². The monoisotopic (exact) mass is 392 g/mol. The van der Waals surface area contributed by atoms with Crippen LogP contribution in [0.1, 0.15) is 39.1 Å². The van der Waals surface area contributed by atoms with Crippen molar-refractivity contribution in [3.05, 3.63) is 71.3 Å². The molecule has 152 valence electrons. The fourth-order valence-electron chi connectivity index (χ4n) is 3.75. The highest BCUT2D eigenvalue weighted by molar-refractivity contribution is 5.95. The maximum atomic E-state index is 13.0. The second-order valence-corrected chi connectivity index (χ2v) is 8.13. The molecule has 0 bridgehead atoms. The van der Waals surface area contributed by atoms with Crippen molar-refractivity contribution in [3.8, 4) is 0 Å². The topological polar surface area (TPSA) is 49.9 Å². The predicted octanol–water partition coefficient (Wildman–Crippen LogP) is 3.39. The lowest BCUT2D eigenvalue weighted by molar-refractivity contribution is -0.0335. The van der Waals surface area contributed by atoms with E-state index in [0.717, 1.165) is 12.1 Å². The molecule has 0 radical (unpaired) electrons. The lowest BCUT2D eigenvalue weighted by Crippen LogP contribution is -2.51. The molecule has 2 aromatic rings. The van der Waals surface area contributed by atoms with Crippen molar-refractivity contribution in [3.63, 3.8) is 0 Å². The number of morpholine rings is 1. The van der Waals surface area contributed by atoms with Crippen molar-refractivity contribution in [2.45, 2.75) is 25.9 Å². The molecule has 5 nitrogen and oxygen atoms in total. The number of carbonyl (C=O) groups excluding carboxylic acids is 2. The lowest BCUT2D eigenvalue weighted by atomic mass is 10.1. The van der Waals surface area contributed by atoms with Crippen molar-refractivity contribution in [1.82, 2.24) is 9.80 Å². The van der Waals surface area contributed by atoms with Gasteiger partial charge in [-0.3, -0.25) is 9.59 Å². The standard InChI is InChI=1S/C24H28N2O3/c1-18-7-11-21(12-8-18)23(27)25-13-14-29-22(16-25)17-26(15-19-9-10-19)24(28)20-5-3-2-4-6-20/h2-8,11-12,19,22H,9-10,13-17H2,1H3. The van der Waals surface area contributed by atoms with Crippen molar-refractivity contribution in [1.29, 1.82) is 0 Å². The third-order valence-corrected chi connectivity index (χ3v) is 5.63. The van der Waals surface area contributed by atoms with Crippen molar-refractivity contribution in [2.24, 2.45) is 5.92 Å². The summed E-state index contributed by atoms with van der Waals surface area (Å²) in [5.74, 6) is 0.668. The zero-order chi connectivity index (χ0) is 20.2. The Morgan fingerprint density at radius 2 is 1.72 bits per heavy atom. The highest BCUT2D eigenvalue weighted by Gasteiger charge is 2.31. The third kappa shape index (κ3) is 5.04. The van der Waals surface area contributed by atoms with E-state index >= 15 is 0 Å². The number of amides is 2. The Kier molecular flexibility index (Phi) is 5.95. The smallest absolute Gasteiger partial charge is 0.254 e. The maximum absolute atomic E-state index is 13.0. The number of nitrogens with zero attached hydrogens (tertiary/aromatic N) is 2. The molecule has 2 fully saturated rings. The van der Waals surface area contributed by atoms with Crippen molar-refractivity contribution in [2.75, 3.05) is 32.8 Å². The van der Waals surface area contributed by atoms with Gasteiger partial charge in [-0.2, -0.15) is 0 Å². The molecule has 1 aliphatic carbocycles. The highest BCUT2D eigenvalue weighted by Crippen LogP contribution is 2.30. The van der Waals surface area contributed by atoms with Gasteiger partial charge >= 0.3 is 0 Å². The minimum absolute atomic E-state index is 0.0291. The van der Waals surface area contributed by atoms with Crippen LogP contribution in [0.3, 0.4) is 0 Å². The van der Waals surface area contributed by atoms with E-state index in [0.29, 0.717) is 43.3 Å². The van der Waals surface area contributed by atoms with Gasteiger partial charge in [0.05, 0.1) is 12.7 Å². The zero-order valence-electron chi connectivity index (χ0n) is 16.9. The Balaban J connectivity index is 1.42. The summed E-state index contributed by atoms with van der Waals surface area (Å²) in [6, 6.07) is 17.1. The number of aryl methyl sites for hydroxylation is 1. The molecule has 5 heteroatoms. The van der Waals surface area contributed by atoms with E-state index in [4.69, 9.17) is 4.74 Å². The Labute approximate surface area is 172 Å². The Morgan fingerprint density at radius 1 is 1.00 bits per heavy atom. The molecule has 1 saturated heterocycles. The van der Waals surface area contributed by atoms with Crippen LogP contribution in [0.2, 0.25) is 0 Å². The van der Waals surface area contributed by atoms with Gasteiger partial charge in [-0.25, -0.2) is 0 Å². The van der Waals surface area contributed by atoms with Gasteiger partial charge in [-0.15, -0.1) is 0 Å². The van der Waals surface area contributed by atoms with Crippen molar-refractivity contribution >= 4 is 11.8 Å². The molecule has 1 atom stereocenters. The molecule has 29 heavy (non-hydrogen) atoms. The molecule has 1 saturated carbocycles. The summed E-state index contributed by atoms with van der Waals surface area (Å²) in [4.78, 5) is 29.7. The summed E-state index contributed by atoms with van der Waals surface area (Å²) in [7, 11) is 0. The van der Waals surface area contributed by atoms with Gasteiger partial charge in [0.1, 0.15) is 0 Å². The van der Waals surface area contributed by atoms with E-state index in [2.05, 4.69) is 0 Å². The largest absolute Gasteiger partial charge is 0.373 e. The number of ether oxygens (including phenoxy) is 1. The van der Waals surface area contributed by atoms with Gasteiger partial charge in [0.15, 0.2) is 0 Å². The molecule has 0 N–H and O–H groups in total. The number of carbonyl (C=O) groups is 2. The first-order chi connectivity index (χ1) is 14.1. The number of hydrogen-bond donors (Lipinski definition) is 0. The molecule has 2 aliphatic rings. The van der Waals surface area contributed by atoms with E-state index in [1.807, 2.05) is 71.3 Å². The lowest BCUT2D eigenvalue weighted by Gasteiger charge is -2.36. The molecular weight excluding hydrogens is 364 g/mol. The summed E-state index contributed by atoms with van der Waals surface area (Å²) < 4.78 is 5.94. The molecule has 4 rings (SSSR count). The predicted molar refractivity (Wildman–Crippen MR) is 112 cm³/mol. The van der Waals surface area contributed by atoms with Gasteiger partial charge in [0.2, 0.25) is 0 Å². The quantitative estimate of drug-likeness (QED) is 0.757. The molecule has 1 unspecified atom stereocenters. The van der Waals surface area contributed by atoms with Gasteiger partial charge in [-0.1, -0.05) is 35.9 Å². The van der Waals surface area contributed by atoms with Crippen LogP contribution >= 0.6 is 0 Å². The summed E-state index contributed by atoms with van der Waals surface area (Å²) in [6.45, 7) is 4.88. The minimum atomic E-state index is -0.162. The van der Waals surface area contributed by atoms with E-state index in [1.165, 1.54) is 12.8 Å².